The minimum absolute atomic E-state index is 0.720. The number of nitrogens with zero attached hydrogens (tertiary/aromatic N) is 2. The summed E-state index contributed by atoms with van der Waals surface area (Å²) in [5, 5.41) is 7.73. The summed E-state index contributed by atoms with van der Waals surface area (Å²) < 4.78 is 0. The van der Waals surface area contributed by atoms with E-state index in [4.69, 9.17) is 0 Å². The molecular formula is C15H20N4. The molecule has 4 heteroatoms. The van der Waals surface area contributed by atoms with Gasteiger partial charge in [-0.2, -0.15) is 0 Å². The molecule has 0 aliphatic heterocycles. The molecule has 0 aliphatic carbocycles. The molecule has 0 radical (unpaired) electrons. The van der Waals surface area contributed by atoms with Crippen molar-refractivity contribution < 1.29 is 0 Å². The zero-order chi connectivity index (χ0) is 13.5. The van der Waals surface area contributed by atoms with Gasteiger partial charge in [-0.1, -0.05) is 31.2 Å². The first kappa shape index (κ1) is 13.3. The molecule has 0 spiro atoms. The quantitative estimate of drug-likeness (QED) is 0.652. The van der Waals surface area contributed by atoms with Crippen LogP contribution in [0.15, 0.2) is 41.5 Å². The molecule has 0 bridgehead atoms. The number of fused-ring (bicyclic) bond motifs is 1. The van der Waals surface area contributed by atoms with Crippen molar-refractivity contribution in [1.29, 1.82) is 0 Å². The average Bonchev–Trinajstić information content (AvgIpc) is 2.47. The van der Waals surface area contributed by atoms with E-state index in [1.807, 2.05) is 12.3 Å². The predicted molar refractivity (Wildman–Crippen MR) is 80.2 cm³/mol. The number of pyridine rings is 1. The van der Waals surface area contributed by atoms with Gasteiger partial charge in [-0.25, -0.2) is 0 Å². The van der Waals surface area contributed by atoms with Crippen molar-refractivity contribution in [1.82, 2.24) is 15.6 Å². The third-order valence-electron chi connectivity index (χ3n) is 2.93. The second kappa shape index (κ2) is 6.73. The van der Waals surface area contributed by atoms with E-state index in [1.54, 1.807) is 7.05 Å². The Morgan fingerprint density at radius 1 is 1.21 bits per heavy atom. The lowest BCUT2D eigenvalue weighted by Gasteiger charge is -2.12. The third-order valence-corrected chi connectivity index (χ3v) is 2.93. The molecule has 0 aliphatic rings. The molecule has 19 heavy (non-hydrogen) atoms. The van der Waals surface area contributed by atoms with Crippen LogP contribution in [0.1, 0.15) is 18.9 Å². The van der Waals surface area contributed by atoms with Gasteiger partial charge in [0.15, 0.2) is 5.96 Å². The molecule has 2 N–H and O–H groups in total. The van der Waals surface area contributed by atoms with Crippen molar-refractivity contribution in [2.45, 2.75) is 19.9 Å². The summed E-state index contributed by atoms with van der Waals surface area (Å²) in [6, 6.07) is 10.3. The van der Waals surface area contributed by atoms with Crippen LogP contribution in [0.3, 0.4) is 0 Å². The van der Waals surface area contributed by atoms with E-state index < -0.39 is 0 Å². The van der Waals surface area contributed by atoms with Crippen molar-refractivity contribution in [3.8, 4) is 0 Å². The lowest BCUT2D eigenvalue weighted by atomic mass is 10.1. The molecule has 0 unspecified atom stereocenters. The van der Waals surface area contributed by atoms with Gasteiger partial charge in [-0.05, 0) is 18.1 Å². The topological polar surface area (TPSA) is 49.3 Å². The van der Waals surface area contributed by atoms with Crippen LogP contribution in [0.4, 0.5) is 0 Å². The highest BCUT2D eigenvalue weighted by molar-refractivity contribution is 5.83. The molecule has 2 aromatic rings. The highest BCUT2D eigenvalue weighted by Crippen LogP contribution is 2.15. The van der Waals surface area contributed by atoms with Crippen LogP contribution in [0.5, 0.6) is 0 Å². The van der Waals surface area contributed by atoms with Crippen molar-refractivity contribution >= 4 is 16.9 Å². The van der Waals surface area contributed by atoms with E-state index in [9.17, 15) is 0 Å². The molecule has 0 saturated carbocycles. The fourth-order valence-corrected chi connectivity index (χ4v) is 1.95. The van der Waals surface area contributed by atoms with Gasteiger partial charge in [-0.15, -0.1) is 0 Å². The molecule has 0 fully saturated rings. The Kier molecular flexibility index (Phi) is 4.72. The highest BCUT2D eigenvalue weighted by atomic mass is 15.2. The van der Waals surface area contributed by atoms with Crippen molar-refractivity contribution in [3.05, 3.63) is 42.1 Å². The number of aromatic nitrogens is 1. The molecular weight excluding hydrogens is 236 g/mol. The fourth-order valence-electron chi connectivity index (χ4n) is 1.95. The van der Waals surface area contributed by atoms with E-state index >= 15 is 0 Å². The van der Waals surface area contributed by atoms with Crippen LogP contribution in [0.2, 0.25) is 0 Å². The first-order valence-electron chi connectivity index (χ1n) is 6.62. The first-order chi connectivity index (χ1) is 9.35. The summed E-state index contributed by atoms with van der Waals surface area (Å²) in [5.41, 5.74) is 2.22. The van der Waals surface area contributed by atoms with Crippen LogP contribution in [0.25, 0.3) is 10.9 Å². The van der Waals surface area contributed by atoms with Gasteiger partial charge in [0.25, 0.3) is 0 Å². The number of hydrogen-bond acceptors (Lipinski definition) is 2. The Morgan fingerprint density at radius 2 is 2.05 bits per heavy atom. The zero-order valence-electron chi connectivity index (χ0n) is 11.5. The molecule has 2 rings (SSSR count). The van der Waals surface area contributed by atoms with E-state index in [2.05, 4.69) is 51.8 Å². The van der Waals surface area contributed by atoms with Crippen LogP contribution < -0.4 is 10.6 Å². The smallest absolute Gasteiger partial charge is 0.191 e. The van der Waals surface area contributed by atoms with Gasteiger partial charge in [0.05, 0.1) is 5.52 Å². The predicted octanol–water partition coefficient (Wildman–Crippen LogP) is 2.31. The summed E-state index contributed by atoms with van der Waals surface area (Å²) in [6.45, 7) is 3.78. The molecule has 0 amide bonds. The van der Waals surface area contributed by atoms with Gasteiger partial charge < -0.3 is 10.6 Å². The summed E-state index contributed by atoms with van der Waals surface area (Å²) in [4.78, 5) is 8.64. The third kappa shape index (κ3) is 3.44. The van der Waals surface area contributed by atoms with Gasteiger partial charge in [-0.3, -0.25) is 9.98 Å². The molecule has 1 aromatic heterocycles. The van der Waals surface area contributed by atoms with Gasteiger partial charge >= 0.3 is 0 Å². The second-order valence-corrected chi connectivity index (χ2v) is 4.34. The van der Waals surface area contributed by atoms with E-state index in [0.717, 1.165) is 31.0 Å². The SMILES string of the molecule is CCCNC(=NC)NCc1cccc2cccnc12. The molecule has 0 atom stereocenters. The minimum atomic E-state index is 0.720. The van der Waals surface area contributed by atoms with Crippen molar-refractivity contribution in [2.24, 2.45) is 4.99 Å². The second-order valence-electron chi connectivity index (χ2n) is 4.34. The largest absolute Gasteiger partial charge is 0.356 e. The molecule has 1 heterocycles. The Labute approximate surface area is 114 Å². The maximum atomic E-state index is 4.45. The lowest BCUT2D eigenvalue weighted by Crippen LogP contribution is -2.37. The maximum Gasteiger partial charge on any atom is 0.191 e. The Hall–Kier alpha value is -2.10. The monoisotopic (exact) mass is 256 g/mol. The van der Waals surface area contributed by atoms with Crippen LogP contribution in [-0.4, -0.2) is 24.5 Å². The van der Waals surface area contributed by atoms with Crippen molar-refractivity contribution in [2.75, 3.05) is 13.6 Å². The number of nitrogens with one attached hydrogen (secondary N) is 2. The normalized spacial score (nSPS) is 11.6. The van der Waals surface area contributed by atoms with E-state index in [-0.39, 0.29) is 0 Å². The van der Waals surface area contributed by atoms with Gasteiger partial charge in [0.1, 0.15) is 0 Å². The average molecular weight is 256 g/mol. The highest BCUT2D eigenvalue weighted by Gasteiger charge is 2.02. The number of hydrogen-bond donors (Lipinski definition) is 2. The lowest BCUT2D eigenvalue weighted by molar-refractivity contribution is 0.783. The Balaban J connectivity index is 2.09. The van der Waals surface area contributed by atoms with Crippen LogP contribution in [-0.2, 0) is 6.54 Å². The summed E-state index contributed by atoms with van der Waals surface area (Å²) in [7, 11) is 1.78. The van der Waals surface area contributed by atoms with Gasteiger partial charge in [0, 0.05) is 31.7 Å². The first-order valence-corrected chi connectivity index (χ1v) is 6.62. The van der Waals surface area contributed by atoms with Crippen LogP contribution in [0, 0.1) is 0 Å². The Morgan fingerprint density at radius 3 is 2.84 bits per heavy atom. The maximum absolute atomic E-state index is 4.45. The van der Waals surface area contributed by atoms with Gasteiger partial charge in [0.2, 0.25) is 0 Å². The molecule has 0 saturated heterocycles. The summed E-state index contributed by atoms with van der Waals surface area (Å²) in [6.07, 6.45) is 2.91. The van der Waals surface area contributed by atoms with E-state index in [0.29, 0.717) is 0 Å². The minimum Gasteiger partial charge on any atom is -0.356 e. The number of aliphatic imine (C=N–C) groups is 1. The van der Waals surface area contributed by atoms with Crippen molar-refractivity contribution in [3.63, 3.8) is 0 Å². The number of guanidine groups is 1. The molecule has 4 nitrogen and oxygen atoms in total. The summed E-state index contributed by atoms with van der Waals surface area (Å²) in [5.74, 6) is 0.829. The Bertz CT molecular complexity index is 558. The standard InChI is InChI=1S/C15H20N4/c1-3-9-18-15(16-2)19-11-13-7-4-6-12-8-5-10-17-14(12)13/h4-8,10H,3,9,11H2,1-2H3,(H2,16,18,19). The molecule has 100 valence electrons. The number of benzene rings is 1. The summed E-state index contributed by atoms with van der Waals surface area (Å²) >= 11 is 0. The van der Waals surface area contributed by atoms with E-state index in [1.165, 1.54) is 10.9 Å². The number of rotatable bonds is 4. The fraction of sp³-hybridized carbons (Fsp3) is 0.333. The molecule has 1 aromatic carbocycles. The van der Waals surface area contributed by atoms with Crippen LogP contribution >= 0.6 is 0 Å². The zero-order valence-corrected chi connectivity index (χ0v) is 11.5. The number of para-hydroxylation sites is 1.